The molecule has 31 nitrogen and oxygen atoms in total. The van der Waals surface area contributed by atoms with E-state index in [1.165, 1.54) is 82.5 Å². The molecule has 4 aromatic carbocycles. The number of nitrogens with zero attached hydrogens (tertiary/aromatic N) is 15. The number of pyridine rings is 8. The van der Waals surface area contributed by atoms with Crippen molar-refractivity contribution in [3.05, 3.63) is 355 Å². The van der Waals surface area contributed by atoms with Gasteiger partial charge in [-0.1, -0.05) is 212 Å². The number of nitrogens with one attached hydrogen (secondary N) is 1. The van der Waals surface area contributed by atoms with Crippen LogP contribution in [0.5, 0.6) is 0 Å². The van der Waals surface area contributed by atoms with Crippen molar-refractivity contribution in [3.63, 3.8) is 0 Å². The van der Waals surface area contributed by atoms with Crippen molar-refractivity contribution in [2.45, 2.75) is 152 Å². The summed E-state index contributed by atoms with van der Waals surface area (Å²) in [5.41, 5.74) is 8.85. The first-order valence-corrected chi connectivity index (χ1v) is 52.3. The lowest BCUT2D eigenvalue weighted by Gasteiger charge is -2.27. The van der Waals surface area contributed by atoms with Crippen LogP contribution in [0, 0.1) is 0 Å². The first-order valence-electron chi connectivity index (χ1n) is 44.8. The van der Waals surface area contributed by atoms with Crippen LogP contribution in [0.15, 0.2) is 293 Å². The molecule has 2 atom stereocenters. The summed E-state index contributed by atoms with van der Waals surface area (Å²) in [7, 11) is -9.56. The van der Waals surface area contributed by atoms with Crippen LogP contribution >= 0.6 is 84.0 Å². The molecule has 0 amide bonds. The molecule has 0 aliphatic heterocycles. The van der Waals surface area contributed by atoms with Gasteiger partial charge in [0, 0.05) is 145 Å². The van der Waals surface area contributed by atoms with Crippen LogP contribution in [0.2, 0.25) is 20.1 Å². The molecule has 2 unspecified atom stereocenters. The number of hydrogen-bond donors (Lipinski definition) is 2. The van der Waals surface area contributed by atoms with Gasteiger partial charge in [0.2, 0.25) is 11.6 Å². The molecule has 0 saturated heterocycles. The van der Waals surface area contributed by atoms with Gasteiger partial charge < -0.3 is 36.9 Å². The fourth-order valence-corrected chi connectivity index (χ4v) is 20.2. The highest BCUT2D eigenvalue weighted by Gasteiger charge is 2.35. The van der Waals surface area contributed by atoms with Crippen molar-refractivity contribution in [2.24, 2.45) is 0 Å². The van der Waals surface area contributed by atoms with Crippen molar-refractivity contribution in [1.82, 2.24) is 57.5 Å². The van der Waals surface area contributed by atoms with Gasteiger partial charge in [-0.2, -0.15) is 0 Å². The van der Waals surface area contributed by atoms with Crippen molar-refractivity contribution in [1.29, 1.82) is 0 Å². The summed E-state index contributed by atoms with van der Waals surface area (Å²) in [5.74, 6) is -0.912. The van der Waals surface area contributed by atoms with Crippen LogP contribution in [0.3, 0.4) is 0 Å². The second-order valence-corrected chi connectivity index (χ2v) is 45.1. The Hall–Kier alpha value is -11.6. The van der Waals surface area contributed by atoms with Crippen molar-refractivity contribution >= 4 is 187 Å². The highest BCUT2D eigenvalue weighted by atomic mass is 79.9. The number of anilines is 4. The first kappa shape index (κ1) is 114. The fourth-order valence-electron chi connectivity index (χ4n) is 13.8. The molecular formula is C102H115BrCl5N16O15PS4. The van der Waals surface area contributed by atoms with Gasteiger partial charge in [-0.05, 0) is 175 Å². The minimum Gasteiger partial charge on any atom is -0.382 e. The molecule has 0 fully saturated rings. The number of benzene rings is 4. The number of carbonyl (C=O) groups is 3. The molecule has 0 radical (unpaired) electrons. The molecule has 2 N–H and O–H groups in total. The predicted octanol–water partition coefficient (Wildman–Crippen LogP) is 22.3. The normalized spacial score (nSPS) is 12.0. The minimum atomic E-state index is -4.12. The van der Waals surface area contributed by atoms with Crippen LogP contribution in [-0.2, 0) is 76.0 Å². The second-order valence-electron chi connectivity index (χ2n) is 35.3. The Balaban J connectivity index is 0.000000225. The van der Waals surface area contributed by atoms with Crippen LogP contribution in [0.25, 0.3) is 22.6 Å². The second kappa shape index (κ2) is 50.5. The summed E-state index contributed by atoms with van der Waals surface area (Å²) < 4.78 is 148. The topological polar surface area (TPSA) is 378 Å². The SMILES string of the molecule is C.CC(C)(C)c1ccc(S(=O)(=O)Nc2cc(Cl)cnc2C(=O)c2ccc3nccn3c2)cc1.COCN(c1cc(Cl)cnc1Br)S(=O)(=O)c1ccc(C(C)(C)C)cc1.COCN(c1cc(Cl)cnc1C(=O)c1ccc2nccn2c1)S(=O)(=O)c1ccc(C(C)(C)C)cc1.COCN(c1cc(Cl)cnc1C(O)c1ccc2nccn2c1)S(=O)(=O)c1ccc(C(C)(C)C)cc1.Cl.O=Cc1ccc2nccn2c1.[2H]CC.[2H]CP. The van der Waals surface area contributed by atoms with Crippen LogP contribution in [-0.4, -0.2) is 162 Å². The third-order valence-corrected chi connectivity index (χ3v) is 29.4. The zero-order chi connectivity index (χ0) is 106. The van der Waals surface area contributed by atoms with E-state index in [0.29, 0.717) is 68.0 Å². The standard InChI is InChI=1S/C25H27ClN4O4S.C25H25ClN4O4S.C23H21ClN4O3S.C17H20BrClN2O3S.C8H6N2O.C2H6.CH5P.CH4.ClH/c2*1-25(2,3)18-6-8-20(9-7-18)35(32,33)30(16-34-4)21-13-19(26)14-28-23(21)24(31)17-5-10-22-27-11-12-29(22)15-17;1-23(2,3)16-5-7-18(8-6-16)32(30,31)27-19-12-17(24)13-26-21(19)22(29)15-4-9-20-25-10-11-28(20)14-15;1-17(2,3)12-5-7-14(8-6-12)25(22,23)21(11-24-4)15-9-13(19)10-20-16(15)18;11-6-7-1-2-8-9-3-4-10(8)5-7;2*1-2;;/h5-15,24,31H,16H2,1-4H3;5-15H,16H2,1-4H3;4-14,27H,1-3H3;5-10H,11H2,1-4H3;1-6H;1-2H3;2H2,1H3;1H4;1H/i;;;;;2*1D;;. The van der Waals surface area contributed by atoms with Gasteiger partial charge in [0.25, 0.3) is 40.1 Å². The van der Waals surface area contributed by atoms with Gasteiger partial charge in [0.05, 0.1) is 68.1 Å². The summed E-state index contributed by atoms with van der Waals surface area (Å²) >= 11 is 27.7. The van der Waals surface area contributed by atoms with E-state index >= 15 is 0 Å². The van der Waals surface area contributed by atoms with E-state index in [1.807, 2.05) is 70.3 Å². The molecule has 0 aliphatic rings. The van der Waals surface area contributed by atoms with E-state index < -0.39 is 57.8 Å². The van der Waals surface area contributed by atoms with Gasteiger partial charge in [0.15, 0.2) is 6.29 Å². The van der Waals surface area contributed by atoms with Gasteiger partial charge >= 0.3 is 0 Å². The number of halogens is 6. The number of hydrogen-bond acceptors (Lipinski definition) is 23. The molecule has 764 valence electrons. The Morgan fingerprint density at radius 3 is 1.15 bits per heavy atom. The highest BCUT2D eigenvalue weighted by Crippen LogP contribution is 2.39. The Morgan fingerprint density at radius 1 is 0.451 bits per heavy atom. The minimum absolute atomic E-state index is 0. The molecule has 16 aromatic rings. The van der Waals surface area contributed by atoms with Gasteiger partial charge in [0.1, 0.15) is 64.9 Å². The Morgan fingerprint density at radius 2 is 0.764 bits per heavy atom. The summed E-state index contributed by atoms with van der Waals surface area (Å²) in [5, 5.41) is 12.2. The highest BCUT2D eigenvalue weighted by molar-refractivity contribution is 9.10. The van der Waals surface area contributed by atoms with Gasteiger partial charge in [-0.25, -0.2) is 81.5 Å². The molecule has 0 saturated carbocycles. The average molecular weight is 2220 g/mol. The van der Waals surface area contributed by atoms with E-state index in [9.17, 15) is 53.2 Å². The Bertz CT molecular complexity index is 7680. The van der Waals surface area contributed by atoms with Crippen molar-refractivity contribution in [2.75, 3.05) is 65.8 Å². The summed E-state index contributed by atoms with van der Waals surface area (Å²) in [4.78, 5) is 70.6. The van der Waals surface area contributed by atoms with Gasteiger partial charge in [-0.3, -0.25) is 24.1 Å². The number of aliphatic hydroxyl groups excluding tert-OH is 1. The molecule has 12 heterocycles. The first-order chi connectivity index (χ1) is 67.9. The number of carbonyl (C=O) groups excluding carboxylic acids is 3. The monoisotopic (exact) mass is 2220 g/mol. The van der Waals surface area contributed by atoms with Crippen molar-refractivity contribution in [3.8, 4) is 0 Å². The van der Waals surface area contributed by atoms with E-state index in [2.05, 4.69) is 111 Å². The van der Waals surface area contributed by atoms with Crippen LogP contribution in [0.1, 0.15) is 189 Å². The maximum atomic E-state index is 13.7. The van der Waals surface area contributed by atoms with E-state index in [0.717, 1.165) is 47.1 Å². The zero-order valence-corrected chi connectivity index (χ0v) is 90.8. The third-order valence-electron chi connectivity index (χ3n) is 21.4. The molecule has 0 bridgehead atoms. The molecule has 0 aliphatic carbocycles. The Labute approximate surface area is 880 Å². The number of aliphatic hydroxyl groups is 1. The van der Waals surface area contributed by atoms with Crippen molar-refractivity contribution < 1.29 is 70.1 Å². The van der Waals surface area contributed by atoms with Crippen LogP contribution < -0.4 is 17.6 Å². The molecule has 144 heavy (non-hydrogen) atoms. The van der Waals surface area contributed by atoms with E-state index in [1.54, 1.807) is 204 Å². The molecule has 12 aromatic heterocycles. The quantitative estimate of drug-likeness (QED) is 0.0176. The largest absolute Gasteiger partial charge is 0.382 e. The zero-order valence-electron chi connectivity index (χ0n) is 83.0. The lowest BCUT2D eigenvalue weighted by atomic mass is 9.87. The summed E-state index contributed by atoms with van der Waals surface area (Å²) in [6.07, 6.45) is 25.3. The molecule has 42 heteroatoms. The summed E-state index contributed by atoms with van der Waals surface area (Å²) in [6.45, 7) is 26.6. The number of rotatable bonds is 25. The van der Waals surface area contributed by atoms with E-state index in [-0.39, 0.29) is 130 Å². The number of aromatic nitrogens is 12. The number of sulfonamides is 4. The molecule has 0 spiro atoms. The molecule has 16 rings (SSSR count). The maximum Gasteiger partial charge on any atom is 0.266 e. The number of methoxy groups -OCH3 is 3. The summed E-state index contributed by atoms with van der Waals surface area (Å²) in [6, 6.07) is 46.3. The van der Waals surface area contributed by atoms with Crippen LogP contribution in [0.4, 0.5) is 22.7 Å². The lowest BCUT2D eigenvalue weighted by Crippen LogP contribution is -2.34. The number of aldehydes is 1. The predicted molar refractivity (Wildman–Crippen MR) is 579 cm³/mol. The number of imidazole rings is 4. The number of fused-ring (bicyclic) bond motifs is 4. The third kappa shape index (κ3) is 29.0. The average Bonchev–Trinajstić information content (AvgIpc) is 1.23. The van der Waals surface area contributed by atoms with E-state index in [4.69, 9.17) is 63.4 Å². The van der Waals surface area contributed by atoms with Gasteiger partial charge in [-0.15, -0.1) is 21.6 Å². The fraction of sp³-hybridized carbons (Fsp3) is 0.265. The Kier molecular flexibility index (Phi) is 40.1. The lowest BCUT2D eigenvalue weighted by molar-refractivity contribution is 0.102. The number of ether oxygens (including phenoxy) is 3. The number of ketones is 2. The maximum absolute atomic E-state index is 13.7. The molecular weight excluding hydrogens is 2110 g/mol. The smallest absolute Gasteiger partial charge is 0.266 e.